The van der Waals surface area contributed by atoms with Crippen LogP contribution >= 0.6 is 0 Å². The van der Waals surface area contributed by atoms with Crippen LogP contribution in [0.15, 0.2) is 48.5 Å². The molecule has 5 nitrogen and oxygen atoms in total. The minimum absolute atomic E-state index is 0.00197. The zero-order valence-electron chi connectivity index (χ0n) is 18.4. The highest BCUT2D eigenvalue weighted by molar-refractivity contribution is 5.96. The van der Waals surface area contributed by atoms with Crippen LogP contribution in [0.1, 0.15) is 55.7 Å². The number of benzene rings is 2. The van der Waals surface area contributed by atoms with Gasteiger partial charge >= 0.3 is 0 Å². The Morgan fingerprint density at radius 2 is 1.87 bits per heavy atom. The van der Waals surface area contributed by atoms with Crippen LogP contribution in [0.3, 0.4) is 0 Å². The number of amides is 2. The van der Waals surface area contributed by atoms with Crippen molar-refractivity contribution < 1.29 is 9.59 Å². The van der Waals surface area contributed by atoms with E-state index in [0.717, 1.165) is 23.4 Å². The largest absolute Gasteiger partial charge is 0.352 e. The summed E-state index contributed by atoms with van der Waals surface area (Å²) in [6.07, 6.45) is 5.56. The molecule has 2 atom stereocenters. The van der Waals surface area contributed by atoms with Crippen LogP contribution in [-0.2, 0) is 29.1 Å². The average Bonchev–Trinajstić information content (AvgIpc) is 2.78. The molecule has 1 fully saturated rings. The number of carbonyl (C=O) groups excluding carboxylic acids is 2. The number of rotatable bonds is 7. The van der Waals surface area contributed by atoms with E-state index >= 15 is 0 Å². The predicted octanol–water partition coefficient (Wildman–Crippen LogP) is 4.27. The maximum atomic E-state index is 12.3. The van der Waals surface area contributed by atoms with Gasteiger partial charge in [-0.1, -0.05) is 48.9 Å². The highest BCUT2D eigenvalue weighted by atomic mass is 16.2. The molecule has 5 heteroatoms. The highest BCUT2D eigenvalue weighted by Gasteiger charge is 2.26. The first-order valence-electron chi connectivity index (χ1n) is 11.6. The third-order valence-electron chi connectivity index (χ3n) is 6.67. The smallest absolute Gasteiger partial charge is 0.227 e. The monoisotopic (exact) mass is 419 g/mol. The Kier molecular flexibility index (Phi) is 7.03. The summed E-state index contributed by atoms with van der Waals surface area (Å²) in [5, 5.41) is 5.95. The van der Waals surface area contributed by atoms with E-state index in [-0.39, 0.29) is 17.7 Å². The number of hydrogen-bond acceptors (Lipinski definition) is 3. The normalized spacial score (nSPS) is 21.3. The lowest BCUT2D eigenvalue weighted by Crippen LogP contribution is -2.36. The number of hydrogen-bond donors (Lipinski definition) is 2. The second-order valence-electron chi connectivity index (χ2n) is 8.99. The molecule has 164 valence electrons. The molecule has 0 aromatic heterocycles. The summed E-state index contributed by atoms with van der Waals surface area (Å²) < 4.78 is 0. The van der Waals surface area contributed by atoms with Crippen LogP contribution in [0, 0.1) is 5.92 Å². The van der Waals surface area contributed by atoms with E-state index in [4.69, 9.17) is 0 Å². The van der Waals surface area contributed by atoms with Gasteiger partial charge in [0.25, 0.3) is 0 Å². The van der Waals surface area contributed by atoms with Gasteiger partial charge in [-0.25, -0.2) is 0 Å². The van der Waals surface area contributed by atoms with Crippen LogP contribution in [0.25, 0.3) is 0 Å². The Morgan fingerprint density at radius 1 is 1.10 bits per heavy atom. The fraction of sp³-hybridized carbons (Fsp3) is 0.462. The Labute approximate surface area is 185 Å². The van der Waals surface area contributed by atoms with Crippen molar-refractivity contribution in [3.05, 3.63) is 65.2 Å². The number of fused-ring (bicyclic) bond motifs is 1. The second kappa shape index (κ2) is 10.1. The Bertz CT molecular complexity index is 909. The van der Waals surface area contributed by atoms with Gasteiger partial charge in [0, 0.05) is 37.2 Å². The van der Waals surface area contributed by atoms with Crippen LogP contribution in [-0.4, -0.2) is 29.3 Å². The highest BCUT2D eigenvalue weighted by Crippen LogP contribution is 2.27. The van der Waals surface area contributed by atoms with Crippen molar-refractivity contribution >= 4 is 17.5 Å². The lowest BCUT2D eigenvalue weighted by molar-refractivity contribution is -0.122. The third kappa shape index (κ3) is 5.73. The van der Waals surface area contributed by atoms with E-state index in [2.05, 4.69) is 46.7 Å². The standard InChI is InChI=1S/C26H33N3O2/c1-19-6-4-5-15-29(19)18-21-11-9-20(10-12-21)17-27-25(30)14-13-23-16-22-7-2-3-8-24(22)28-26(23)31/h2-3,7-12,19,23H,4-6,13-18H2,1H3,(H,27,30)(H,28,31)/t19-,23-/m0/s1. The number of anilines is 1. The summed E-state index contributed by atoms with van der Waals surface area (Å²) in [7, 11) is 0. The van der Waals surface area contributed by atoms with Crippen molar-refractivity contribution in [2.24, 2.45) is 5.92 Å². The number of piperidine rings is 1. The first kappa shape index (κ1) is 21.6. The van der Waals surface area contributed by atoms with Crippen molar-refractivity contribution in [2.75, 3.05) is 11.9 Å². The summed E-state index contributed by atoms with van der Waals surface area (Å²) in [6.45, 7) is 5.03. The van der Waals surface area contributed by atoms with E-state index in [0.29, 0.717) is 31.8 Å². The number of nitrogens with one attached hydrogen (secondary N) is 2. The van der Waals surface area contributed by atoms with Crippen LogP contribution in [0.4, 0.5) is 5.69 Å². The lowest BCUT2D eigenvalue weighted by Gasteiger charge is -2.33. The van der Waals surface area contributed by atoms with Crippen molar-refractivity contribution in [3.8, 4) is 0 Å². The zero-order valence-corrected chi connectivity index (χ0v) is 18.4. The second-order valence-corrected chi connectivity index (χ2v) is 8.99. The minimum atomic E-state index is -0.142. The van der Waals surface area contributed by atoms with Gasteiger partial charge in [0.15, 0.2) is 0 Å². The molecule has 0 unspecified atom stereocenters. The summed E-state index contributed by atoms with van der Waals surface area (Å²) in [5.74, 6) is -0.125. The average molecular weight is 420 g/mol. The fourth-order valence-electron chi connectivity index (χ4n) is 4.63. The Balaban J connectivity index is 1.20. The zero-order chi connectivity index (χ0) is 21.6. The van der Waals surface area contributed by atoms with Crippen molar-refractivity contribution in [1.29, 1.82) is 0 Å². The molecule has 2 aliphatic rings. The van der Waals surface area contributed by atoms with Gasteiger partial charge in [0.05, 0.1) is 0 Å². The summed E-state index contributed by atoms with van der Waals surface area (Å²) in [6, 6.07) is 17.1. The van der Waals surface area contributed by atoms with Crippen molar-refractivity contribution in [2.45, 2.75) is 64.6 Å². The Morgan fingerprint density at radius 3 is 2.68 bits per heavy atom. The van der Waals surface area contributed by atoms with Gasteiger partial charge in [-0.2, -0.15) is 0 Å². The molecule has 2 aromatic rings. The van der Waals surface area contributed by atoms with Crippen molar-refractivity contribution in [1.82, 2.24) is 10.2 Å². The molecule has 2 aromatic carbocycles. The van der Waals surface area contributed by atoms with Crippen LogP contribution in [0.5, 0.6) is 0 Å². The molecule has 0 saturated carbocycles. The molecule has 0 spiro atoms. The van der Waals surface area contributed by atoms with Gasteiger partial charge in [0.2, 0.25) is 11.8 Å². The van der Waals surface area contributed by atoms with Gasteiger partial charge in [-0.05, 0) is 61.9 Å². The fourth-order valence-corrected chi connectivity index (χ4v) is 4.63. The third-order valence-corrected chi connectivity index (χ3v) is 6.67. The van der Waals surface area contributed by atoms with Crippen molar-refractivity contribution in [3.63, 3.8) is 0 Å². The topological polar surface area (TPSA) is 61.4 Å². The molecule has 0 bridgehead atoms. The van der Waals surface area contributed by atoms with E-state index in [1.165, 1.54) is 31.4 Å². The van der Waals surface area contributed by atoms with Gasteiger partial charge in [-0.15, -0.1) is 0 Å². The molecular formula is C26H33N3O2. The van der Waals surface area contributed by atoms with Gasteiger partial charge in [0.1, 0.15) is 0 Å². The summed E-state index contributed by atoms with van der Waals surface area (Å²) >= 11 is 0. The summed E-state index contributed by atoms with van der Waals surface area (Å²) in [4.78, 5) is 27.2. The number of carbonyl (C=O) groups is 2. The molecule has 1 saturated heterocycles. The number of likely N-dealkylation sites (tertiary alicyclic amines) is 1. The quantitative estimate of drug-likeness (QED) is 0.705. The first-order chi connectivity index (χ1) is 15.1. The molecule has 4 rings (SSSR count). The van der Waals surface area contributed by atoms with E-state index in [9.17, 15) is 9.59 Å². The van der Waals surface area contributed by atoms with E-state index in [1.807, 2.05) is 24.3 Å². The molecular weight excluding hydrogens is 386 g/mol. The first-order valence-corrected chi connectivity index (χ1v) is 11.6. The molecule has 2 heterocycles. The van der Waals surface area contributed by atoms with E-state index in [1.54, 1.807) is 0 Å². The molecule has 0 aliphatic carbocycles. The summed E-state index contributed by atoms with van der Waals surface area (Å²) in [5.41, 5.74) is 4.47. The predicted molar refractivity (Wildman–Crippen MR) is 124 cm³/mol. The lowest BCUT2D eigenvalue weighted by atomic mass is 9.89. The van der Waals surface area contributed by atoms with Gasteiger partial charge < -0.3 is 10.6 Å². The molecule has 31 heavy (non-hydrogen) atoms. The van der Waals surface area contributed by atoms with E-state index < -0.39 is 0 Å². The van der Waals surface area contributed by atoms with Crippen LogP contribution < -0.4 is 10.6 Å². The van der Waals surface area contributed by atoms with Crippen LogP contribution in [0.2, 0.25) is 0 Å². The maximum absolute atomic E-state index is 12.3. The molecule has 0 radical (unpaired) electrons. The SMILES string of the molecule is C[C@H]1CCCCN1Cc1ccc(CNC(=O)CC[C@H]2Cc3ccccc3NC2=O)cc1. The Hall–Kier alpha value is -2.66. The number of nitrogens with zero attached hydrogens (tertiary/aromatic N) is 1. The maximum Gasteiger partial charge on any atom is 0.227 e. The van der Waals surface area contributed by atoms with Gasteiger partial charge in [-0.3, -0.25) is 14.5 Å². The molecule has 2 aliphatic heterocycles. The molecule has 2 amide bonds. The number of para-hydroxylation sites is 1. The molecule has 2 N–H and O–H groups in total. The minimum Gasteiger partial charge on any atom is -0.352 e.